The highest BCUT2D eigenvalue weighted by Gasteiger charge is 2.31. The van der Waals surface area contributed by atoms with Gasteiger partial charge in [0.25, 0.3) is 0 Å². The van der Waals surface area contributed by atoms with Crippen LogP contribution >= 0.6 is 0 Å². The van der Waals surface area contributed by atoms with E-state index in [9.17, 15) is 22.8 Å². The third-order valence-corrected chi connectivity index (χ3v) is 2.20. The lowest BCUT2D eigenvalue weighted by molar-refractivity contribution is -0.274. The van der Waals surface area contributed by atoms with Gasteiger partial charge < -0.3 is 9.72 Å². The average molecular weight is 260 g/mol. The van der Waals surface area contributed by atoms with Crippen LogP contribution in [-0.4, -0.2) is 21.8 Å². The molecule has 0 spiro atoms. The molecule has 0 amide bonds. The van der Waals surface area contributed by atoms with Crippen molar-refractivity contribution < 1.29 is 22.7 Å². The van der Waals surface area contributed by atoms with Crippen LogP contribution in [0.4, 0.5) is 13.2 Å². The summed E-state index contributed by atoms with van der Waals surface area (Å²) in [5, 5.41) is 0. The minimum atomic E-state index is -4.83. The van der Waals surface area contributed by atoms with Crippen molar-refractivity contribution in [3.8, 4) is 5.75 Å². The van der Waals surface area contributed by atoms with Crippen LogP contribution in [-0.2, 0) is 0 Å². The predicted octanol–water partition coefficient (Wildman–Crippen LogP) is 1.89. The van der Waals surface area contributed by atoms with Crippen LogP contribution in [0, 0.1) is 0 Å². The second kappa shape index (κ2) is 3.90. The molecule has 2 aromatic rings. The minimum absolute atomic E-state index is 0.0363. The van der Waals surface area contributed by atoms with Crippen molar-refractivity contribution in [3.05, 3.63) is 28.7 Å². The molecule has 0 saturated heterocycles. The normalized spacial score (nSPS) is 11.8. The summed E-state index contributed by atoms with van der Waals surface area (Å²) < 4.78 is 40.6. The summed E-state index contributed by atoms with van der Waals surface area (Å²) in [6, 6.07) is 3.26. The van der Waals surface area contributed by atoms with Crippen LogP contribution in [0.25, 0.3) is 11.0 Å². The third-order valence-electron chi connectivity index (χ3n) is 2.20. The Kier molecular flexibility index (Phi) is 2.64. The Bertz CT molecular complexity index is 669. The van der Waals surface area contributed by atoms with E-state index in [4.69, 9.17) is 0 Å². The number of ether oxygens (including phenoxy) is 1. The number of aromatic amines is 1. The molecule has 1 heterocycles. The minimum Gasteiger partial charge on any atom is -0.406 e. The number of H-pyrrole nitrogens is 1. The number of aromatic nitrogens is 2. The molecule has 0 aliphatic heterocycles. The van der Waals surface area contributed by atoms with Gasteiger partial charge in [-0.15, -0.1) is 13.2 Å². The largest absolute Gasteiger partial charge is 0.573 e. The predicted molar refractivity (Wildman–Crippen MR) is 55.5 cm³/mol. The third kappa shape index (κ3) is 2.22. The molecule has 0 radical (unpaired) electrons. The number of hydrogen-bond donors (Lipinski definition) is 1. The fourth-order valence-corrected chi connectivity index (χ4v) is 1.59. The number of hydrogen-bond acceptors (Lipinski definition) is 3. The Morgan fingerprint density at radius 1 is 1.39 bits per heavy atom. The maximum atomic E-state index is 12.0. The summed E-state index contributed by atoms with van der Waals surface area (Å²) in [7, 11) is 0. The van der Waals surface area contributed by atoms with Crippen molar-refractivity contribution >= 4 is 16.9 Å². The van der Waals surface area contributed by atoms with Gasteiger partial charge in [0.1, 0.15) is 5.75 Å². The zero-order valence-electron chi connectivity index (χ0n) is 9.04. The smallest absolute Gasteiger partial charge is 0.406 e. The van der Waals surface area contributed by atoms with Crippen LogP contribution in [0.15, 0.2) is 23.0 Å². The van der Waals surface area contributed by atoms with Crippen molar-refractivity contribution in [2.24, 2.45) is 0 Å². The summed E-state index contributed by atoms with van der Waals surface area (Å²) in [5.41, 5.74) is -0.416. The summed E-state index contributed by atoms with van der Waals surface area (Å²) in [4.78, 5) is 25.0. The lowest BCUT2D eigenvalue weighted by Gasteiger charge is -2.08. The summed E-state index contributed by atoms with van der Waals surface area (Å²) in [5.74, 6) is -1.10. The number of fused-ring (bicyclic) bond motifs is 1. The molecule has 96 valence electrons. The Balaban J connectivity index is 2.60. The molecular weight excluding hydrogens is 253 g/mol. The van der Waals surface area contributed by atoms with Crippen LogP contribution in [0.3, 0.4) is 0 Å². The molecule has 18 heavy (non-hydrogen) atoms. The molecule has 0 atom stereocenters. The lowest BCUT2D eigenvalue weighted by atomic mass is 10.3. The molecule has 0 fully saturated rings. The second-order valence-electron chi connectivity index (χ2n) is 3.51. The first-order valence-electron chi connectivity index (χ1n) is 4.79. The first-order valence-corrected chi connectivity index (χ1v) is 4.79. The number of carbonyl (C=O) groups is 1. The fraction of sp³-hybridized carbons (Fsp3) is 0.200. The Morgan fingerprint density at radius 3 is 2.61 bits per heavy atom. The quantitative estimate of drug-likeness (QED) is 0.851. The standard InChI is InChI=1S/C10H7F3N2O3/c1-5(16)15-8-4-6(18-10(11,12)13)2-3-7(8)14-9(15)17/h2-4H,1H3,(H,14,17). The van der Waals surface area contributed by atoms with Crippen LogP contribution in [0.1, 0.15) is 11.7 Å². The number of alkyl halides is 3. The van der Waals surface area contributed by atoms with E-state index >= 15 is 0 Å². The van der Waals surface area contributed by atoms with Crippen LogP contribution in [0.2, 0.25) is 0 Å². The number of nitrogens with zero attached hydrogens (tertiary/aromatic N) is 1. The molecule has 5 nitrogen and oxygen atoms in total. The van der Waals surface area contributed by atoms with E-state index < -0.39 is 23.7 Å². The van der Waals surface area contributed by atoms with Crippen molar-refractivity contribution in [2.45, 2.75) is 13.3 Å². The molecule has 2 rings (SSSR count). The highest BCUT2D eigenvalue weighted by atomic mass is 19.4. The molecule has 1 N–H and O–H groups in total. The van der Waals surface area contributed by atoms with E-state index in [-0.39, 0.29) is 11.0 Å². The zero-order valence-corrected chi connectivity index (χ0v) is 9.04. The van der Waals surface area contributed by atoms with Gasteiger partial charge in [0.2, 0.25) is 5.91 Å². The molecule has 0 aliphatic carbocycles. The Hall–Kier alpha value is -2.25. The van der Waals surface area contributed by atoms with Gasteiger partial charge in [-0.3, -0.25) is 4.79 Å². The number of rotatable bonds is 1. The van der Waals surface area contributed by atoms with E-state index in [2.05, 4.69) is 9.72 Å². The monoisotopic (exact) mass is 260 g/mol. The maximum Gasteiger partial charge on any atom is 0.573 e. The summed E-state index contributed by atoms with van der Waals surface area (Å²) in [6.07, 6.45) is -4.83. The summed E-state index contributed by atoms with van der Waals surface area (Å²) in [6.45, 7) is 1.13. The molecule has 0 saturated carbocycles. The summed E-state index contributed by atoms with van der Waals surface area (Å²) >= 11 is 0. The molecule has 1 aromatic heterocycles. The number of nitrogens with one attached hydrogen (secondary N) is 1. The van der Waals surface area contributed by atoms with E-state index in [1.165, 1.54) is 6.07 Å². The fourth-order valence-electron chi connectivity index (χ4n) is 1.59. The van der Waals surface area contributed by atoms with Crippen molar-refractivity contribution in [1.82, 2.24) is 9.55 Å². The SMILES string of the molecule is CC(=O)n1c(=O)[nH]c2ccc(OC(F)(F)F)cc21. The van der Waals surface area contributed by atoms with Gasteiger partial charge in [0.15, 0.2) is 0 Å². The van der Waals surface area contributed by atoms with Gasteiger partial charge in [-0.1, -0.05) is 0 Å². The van der Waals surface area contributed by atoms with Gasteiger partial charge in [-0.05, 0) is 12.1 Å². The van der Waals surface area contributed by atoms with E-state index in [0.29, 0.717) is 0 Å². The number of carbonyl (C=O) groups excluding carboxylic acids is 1. The number of imidazole rings is 1. The van der Waals surface area contributed by atoms with Gasteiger partial charge in [-0.25, -0.2) is 9.36 Å². The molecule has 8 heteroatoms. The van der Waals surface area contributed by atoms with Crippen LogP contribution < -0.4 is 10.4 Å². The molecule has 0 unspecified atom stereocenters. The topological polar surface area (TPSA) is 64.1 Å². The highest BCUT2D eigenvalue weighted by Crippen LogP contribution is 2.25. The average Bonchev–Trinajstić information content (AvgIpc) is 2.50. The van der Waals surface area contributed by atoms with Crippen molar-refractivity contribution in [1.29, 1.82) is 0 Å². The first kappa shape index (κ1) is 12.2. The van der Waals surface area contributed by atoms with E-state index in [0.717, 1.165) is 23.6 Å². The van der Waals surface area contributed by atoms with Gasteiger partial charge in [0.05, 0.1) is 11.0 Å². The van der Waals surface area contributed by atoms with E-state index in [1.54, 1.807) is 0 Å². The zero-order chi connectivity index (χ0) is 13.5. The van der Waals surface area contributed by atoms with Gasteiger partial charge >= 0.3 is 12.1 Å². The lowest BCUT2D eigenvalue weighted by Crippen LogP contribution is -2.21. The Labute approximate surface area is 97.8 Å². The first-order chi connectivity index (χ1) is 8.28. The van der Waals surface area contributed by atoms with Crippen molar-refractivity contribution in [3.63, 3.8) is 0 Å². The molecule has 1 aromatic carbocycles. The Morgan fingerprint density at radius 2 is 2.06 bits per heavy atom. The van der Waals surface area contributed by atoms with E-state index in [1.807, 2.05) is 0 Å². The number of halogens is 3. The van der Waals surface area contributed by atoms with Gasteiger partial charge in [-0.2, -0.15) is 0 Å². The highest BCUT2D eigenvalue weighted by molar-refractivity contribution is 5.89. The van der Waals surface area contributed by atoms with Crippen molar-refractivity contribution in [2.75, 3.05) is 0 Å². The van der Waals surface area contributed by atoms with Gasteiger partial charge in [0, 0.05) is 13.0 Å². The second-order valence-corrected chi connectivity index (χ2v) is 3.51. The van der Waals surface area contributed by atoms with Crippen LogP contribution in [0.5, 0.6) is 5.75 Å². The maximum absolute atomic E-state index is 12.0. The molecule has 0 bridgehead atoms. The molecular formula is C10H7F3N2O3. The molecule has 0 aliphatic rings. The number of benzene rings is 1.